The first-order chi connectivity index (χ1) is 14.0. The Morgan fingerprint density at radius 1 is 1.10 bits per heavy atom. The van der Waals surface area contributed by atoms with Gasteiger partial charge in [0.05, 0.1) is 0 Å². The van der Waals surface area contributed by atoms with Crippen LogP contribution in [0.25, 0.3) is 6.08 Å². The van der Waals surface area contributed by atoms with E-state index in [2.05, 4.69) is 21.2 Å². The average molecular weight is 447 g/mol. The summed E-state index contributed by atoms with van der Waals surface area (Å²) in [7, 11) is 0. The van der Waals surface area contributed by atoms with Crippen molar-refractivity contribution in [2.24, 2.45) is 0 Å². The number of hydrogen-bond donors (Lipinski definition) is 1. The second kappa shape index (κ2) is 9.72. The number of carbonyl (C=O) groups excluding carboxylic acids is 1. The van der Waals surface area contributed by atoms with Gasteiger partial charge >= 0.3 is 0 Å². The number of ether oxygens (including phenoxy) is 1. The number of amides is 1. The summed E-state index contributed by atoms with van der Waals surface area (Å²) in [5.74, 6) is 0.146. The van der Waals surface area contributed by atoms with Crippen LogP contribution in [0.5, 0.6) is 5.75 Å². The minimum absolute atomic E-state index is 0.00574. The molecule has 0 heterocycles. The molecular formula is C24H19BrN2O2. The van der Waals surface area contributed by atoms with Gasteiger partial charge in [-0.15, -0.1) is 0 Å². The lowest BCUT2D eigenvalue weighted by Crippen LogP contribution is -2.13. The topological polar surface area (TPSA) is 62.1 Å². The minimum Gasteiger partial charge on any atom is -0.488 e. The molecule has 0 bridgehead atoms. The molecule has 3 aromatic rings. The van der Waals surface area contributed by atoms with Crippen LogP contribution in [0, 0.1) is 18.3 Å². The van der Waals surface area contributed by atoms with Gasteiger partial charge in [0.15, 0.2) is 0 Å². The summed E-state index contributed by atoms with van der Waals surface area (Å²) in [5, 5.41) is 12.3. The number of hydrogen-bond acceptors (Lipinski definition) is 3. The summed E-state index contributed by atoms with van der Waals surface area (Å²) in [6.07, 6.45) is 1.54. The van der Waals surface area contributed by atoms with Crippen LogP contribution in [-0.4, -0.2) is 5.91 Å². The Morgan fingerprint density at radius 2 is 1.86 bits per heavy atom. The second-order valence-electron chi connectivity index (χ2n) is 6.45. The van der Waals surface area contributed by atoms with Crippen molar-refractivity contribution in [2.75, 3.05) is 5.32 Å². The monoisotopic (exact) mass is 446 g/mol. The van der Waals surface area contributed by atoms with Gasteiger partial charge < -0.3 is 10.1 Å². The number of nitriles is 1. The Hall–Kier alpha value is -3.36. The fourth-order valence-electron chi connectivity index (χ4n) is 2.70. The van der Waals surface area contributed by atoms with E-state index in [1.165, 1.54) is 0 Å². The molecule has 0 atom stereocenters. The standard InChI is InChI=1S/C24H19BrN2O2/c1-17-5-4-7-22(13-17)27-24(28)20(15-26)14-19-6-2-3-8-23(19)29-16-18-9-11-21(25)12-10-18/h2-14H,16H2,1H3,(H,27,28)/b20-14+. The van der Waals surface area contributed by atoms with Crippen molar-refractivity contribution in [3.05, 3.63) is 99.5 Å². The fourth-order valence-corrected chi connectivity index (χ4v) is 2.96. The third kappa shape index (κ3) is 5.81. The van der Waals surface area contributed by atoms with Gasteiger partial charge in [0.25, 0.3) is 5.91 Å². The Kier molecular flexibility index (Phi) is 6.83. The molecule has 3 rings (SSSR count). The Labute approximate surface area is 178 Å². The maximum atomic E-state index is 12.5. The van der Waals surface area contributed by atoms with Gasteiger partial charge in [0, 0.05) is 15.7 Å². The van der Waals surface area contributed by atoms with Gasteiger partial charge in [-0.05, 0) is 54.5 Å². The van der Waals surface area contributed by atoms with Crippen LogP contribution in [0.2, 0.25) is 0 Å². The van der Waals surface area contributed by atoms with Crippen molar-refractivity contribution in [1.29, 1.82) is 5.26 Å². The molecule has 5 heteroatoms. The first-order valence-electron chi connectivity index (χ1n) is 9.01. The number of aryl methyl sites for hydroxylation is 1. The Balaban J connectivity index is 1.77. The molecule has 1 amide bonds. The van der Waals surface area contributed by atoms with Crippen molar-refractivity contribution in [1.82, 2.24) is 0 Å². The molecule has 3 aromatic carbocycles. The van der Waals surface area contributed by atoms with E-state index in [0.29, 0.717) is 23.6 Å². The van der Waals surface area contributed by atoms with Crippen LogP contribution in [0.15, 0.2) is 82.8 Å². The van der Waals surface area contributed by atoms with E-state index in [0.717, 1.165) is 15.6 Å². The number of benzene rings is 3. The van der Waals surface area contributed by atoms with E-state index in [1.54, 1.807) is 12.1 Å². The van der Waals surface area contributed by atoms with Crippen molar-refractivity contribution >= 4 is 33.6 Å². The van der Waals surface area contributed by atoms with Crippen molar-refractivity contribution < 1.29 is 9.53 Å². The summed E-state index contributed by atoms with van der Waals surface area (Å²) in [4.78, 5) is 12.5. The molecule has 0 spiro atoms. The molecule has 144 valence electrons. The van der Waals surface area contributed by atoms with Gasteiger partial charge in [-0.25, -0.2) is 0 Å². The largest absolute Gasteiger partial charge is 0.488 e. The van der Waals surface area contributed by atoms with E-state index in [1.807, 2.05) is 79.7 Å². The number of para-hydroxylation sites is 1. The second-order valence-corrected chi connectivity index (χ2v) is 7.36. The Morgan fingerprint density at radius 3 is 2.59 bits per heavy atom. The van der Waals surface area contributed by atoms with Gasteiger partial charge in [-0.1, -0.05) is 58.4 Å². The van der Waals surface area contributed by atoms with Crippen LogP contribution >= 0.6 is 15.9 Å². The van der Waals surface area contributed by atoms with Crippen molar-refractivity contribution in [2.45, 2.75) is 13.5 Å². The number of nitrogens with one attached hydrogen (secondary N) is 1. The van der Waals surface area contributed by atoms with Gasteiger partial charge in [0.1, 0.15) is 24.0 Å². The maximum Gasteiger partial charge on any atom is 0.266 e. The lowest BCUT2D eigenvalue weighted by molar-refractivity contribution is -0.112. The smallest absolute Gasteiger partial charge is 0.266 e. The number of rotatable bonds is 6. The molecule has 0 aliphatic heterocycles. The highest BCUT2D eigenvalue weighted by molar-refractivity contribution is 9.10. The molecular weight excluding hydrogens is 428 g/mol. The highest BCUT2D eigenvalue weighted by atomic mass is 79.9. The zero-order chi connectivity index (χ0) is 20.6. The summed E-state index contributed by atoms with van der Waals surface area (Å²) >= 11 is 3.41. The predicted molar refractivity (Wildman–Crippen MR) is 118 cm³/mol. The highest BCUT2D eigenvalue weighted by Crippen LogP contribution is 2.23. The molecule has 0 aliphatic rings. The van der Waals surface area contributed by atoms with Crippen LogP contribution in [-0.2, 0) is 11.4 Å². The summed E-state index contributed by atoms with van der Waals surface area (Å²) in [5.41, 5.74) is 3.37. The molecule has 0 saturated heterocycles. The zero-order valence-corrected chi connectivity index (χ0v) is 17.4. The van der Waals surface area contributed by atoms with Crippen molar-refractivity contribution in [3.8, 4) is 11.8 Å². The van der Waals surface area contributed by atoms with Crippen LogP contribution in [0.3, 0.4) is 0 Å². The summed E-state index contributed by atoms with van der Waals surface area (Å²) in [6, 6.07) is 24.6. The van der Waals surface area contributed by atoms with Crippen LogP contribution < -0.4 is 10.1 Å². The van der Waals surface area contributed by atoms with Crippen molar-refractivity contribution in [3.63, 3.8) is 0 Å². The van der Waals surface area contributed by atoms with E-state index in [9.17, 15) is 10.1 Å². The van der Waals surface area contributed by atoms with E-state index in [4.69, 9.17) is 4.74 Å². The zero-order valence-electron chi connectivity index (χ0n) is 15.9. The summed E-state index contributed by atoms with van der Waals surface area (Å²) < 4.78 is 6.92. The molecule has 0 unspecified atom stereocenters. The third-order valence-electron chi connectivity index (χ3n) is 4.17. The predicted octanol–water partition coefficient (Wildman–Crippen LogP) is 5.88. The van der Waals surface area contributed by atoms with Crippen LogP contribution in [0.4, 0.5) is 5.69 Å². The van der Waals surface area contributed by atoms with E-state index >= 15 is 0 Å². The molecule has 0 saturated carbocycles. The quantitative estimate of drug-likeness (QED) is 0.379. The van der Waals surface area contributed by atoms with Crippen LogP contribution in [0.1, 0.15) is 16.7 Å². The first-order valence-corrected chi connectivity index (χ1v) is 9.80. The average Bonchev–Trinajstić information content (AvgIpc) is 2.72. The minimum atomic E-state index is -0.458. The van der Waals surface area contributed by atoms with E-state index in [-0.39, 0.29) is 5.57 Å². The molecule has 0 aliphatic carbocycles. The Bertz CT molecular complexity index is 1080. The molecule has 1 N–H and O–H groups in total. The number of anilines is 1. The third-order valence-corrected chi connectivity index (χ3v) is 4.70. The molecule has 29 heavy (non-hydrogen) atoms. The number of halogens is 1. The summed E-state index contributed by atoms with van der Waals surface area (Å²) in [6.45, 7) is 2.32. The van der Waals surface area contributed by atoms with Gasteiger partial charge in [-0.3, -0.25) is 4.79 Å². The lowest BCUT2D eigenvalue weighted by Gasteiger charge is -2.10. The fraction of sp³-hybridized carbons (Fsp3) is 0.0833. The normalized spacial score (nSPS) is 10.9. The number of carbonyl (C=O) groups is 1. The first kappa shape index (κ1) is 20.4. The SMILES string of the molecule is Cc1cccc(NC(=O)/C(C#N)=C/c2ccccc2OCc2ccc(Br)cc2)c1. The van der Waals surface area contributed by atoms with E-state index < -0.39 is 5.91 Å². The maximum absolute atomic E-state index is 12.5. The molecule has 0 fully saturated rings. The van der Waals surface area contributed by atoms with Gasteiger partial charge in [0.2, 0.25) is 0 Å². The molecule has 4 nitrogen and oxygen atoms in total. The highest BCUT2D eigenvalue weighted by Gasteiger charge is 2.11. The number of nitrogens with zero attached hydrogens (tertiary/aromatic N) is 1. The lowest BCUT2D eigenvalue weighted by atomic mass is 10.1. The van der Waals surface area contributed by atoms with Gasteiger partial charge in [-0.2, -0.15) is 5.26 Å². The molecule has 0 radical (unpaired) electrons. The molecule has 0 aromatic heterocycles.